The van der Waals surface area contributed by atoms with Gasteiger partial charge in [-0.2, -0.15) is 5.10 Å². The molecule has 0 atom stereocenters. The Balaban J connectivity index is 2.31. The Bertz CT molecular complexity index is 680. The monoisotopic (exact) mass is 281 g/mol. The van der Waals surface area contributed by atoms with Crippen molar-refractivity contribution in [2.75, 3.05) is 4.72 Å². The molecule has 0 bridgehead atoms. The number of nitrogens with one attached hydrogen (secondary N) is 2. The van der Waals surface area contributed by atoms with Crippen LogP contribution < -0.4 is 4.72 Å². The van der Waals surface area contributed by atoms with Crippen molar-refractivity contribution < 1.29 is 18.3 Å². The lowest BCUT2D eigenvalue weighted by molar-refractivity contribution is -0.136. The van der Waals surface area contributed by atoms with Crippen molar-refractivity contribution in [1.29, 1.82) is 0 Å². The van der Waals surface area contributed by atoms with Gasteiger partial charge >= 0.3 is 5.97 Å². The van der Waals surface area contributed by atoms with E-state index in [1.807, 2.05) is 0 Å². The minimum atomic E-state index is -3.76. The Morgan fingerprint density at radius 1 is 1.37 bits per heavy atom. The molecule has 100 valence electrons. The number of hydrogen-bond acceptors (Lipinski definition) is 4. The Kier molecular flexibility index (Phi) is 3.52. The van der Waals surface area contributed by atoms with Gasteiger partial charge in [-0.05, 0) is 11.6 Å². The lowest BCUT2D eigenvalue weighted by atomic mass is 10.1. The molecule has 0 amide bonds. The van der Waals surface area contributed by atoms with Crippen LogP contribution in [0.1, 0.15) is 5.56 Å². The third-order valence-electron chi connectivity index (χ3n) is 2.39. The molecule has 1 aromatic heterocycles. The summed E-state index contributed by atoms with van der Waals surface area (Å²) in [5, 5.41) is 14.7. The van der Waals surface area contributed by atoms with Crippen LogP contribution in [-0.2, 0) is 21.2 Å². The number of aliphatic carboxylic acids is 1. The molecule has 1 aromatic carbocycles. The van der Waals surface area contributed by atoms with Crippen molar-refractivity contribution in [3.05, 3.63) is 42.2 Å². The molecule has 0 aliphatic carbocycles. The molecule has 0 radical (unpaired) electrons. The molecule has 19 heavy (non-hydrogen) atoms. The number of rotatable bonds is 5. The molecule has 0 saturated heterocycles. The number of aromatic amines is 1. The Labute approximate surface area is 109 Å². The molecule has 3 N–H and O–H groups in total. The quantitative estimate of drug-likeness (QED) is 0.751. The van der Waals surface area contributed by atoms with Gasteiger partial charge in [-0.1, -0.05) is 18.2 Å². The van der Waals surface area contributed by atoms with Crippen LogP contribution >= 0.6 is 0 Å². The maximum atomic E-state index is 12.0. The summed E-state index contributed by atoms with van der Waals surface area (Å²) in [6, 6.07) is 6.34. The summed E-state index contributed by atoms with van der Waals surface area (Å²) >= 11 is 0. The summed E-state index contributed by atoms with van der Waals surface area (Å²) in [6.45, 7) is 0. The summed E-state index contributed by atoms with van der Waals surface area (Å²) in [4.78, 5) is 10.7. The van der Waals surface area contributed by atoms with E-state index in [4.69, 9.17) is 5.11 Å². The highest BCUT2D eigenvalue weighted by molar-refractivity contribution is 7.92. The molecule has 0 spiro atoms. The fraction of sp³-hybridized carbons (Fsp3) is 0.0909. The number of carbonyl (C=O) groups is 1. The lowest BCUT2D eigenvalue weighted by Gasteiger charge is -2.10. The van der Waals surface area contributed by atoms with Crippen LogP contribution in [0.4, 0.5) is 5.69 Å². The first-order valence-corrected chi connectivity index (χ1v) is 6.78. The minimum absolute atomic E-state index is 0.0161. The predicted octanol–water partition coefficient (Wildman–Crippen LogP) is 0.838. The zero-order valence-corrected chi connectivity index (χ0v) is 10.5. The maximum Gasteiger partial charge on any atom is 0.307 e. The average molecular weight is 281 g/mol. The molecule has 0 aliphatic heterocycles. The van der Waals surface area contributed by atoms with E-state index in [1.165, 1.54) is 18.5 Å². The first-order valence-electron chi connectivity index (χ1n) is 5.30. The van der Waals surface area contributed by atoms with Crippen LogP contribution in [0.15, 0.2) is 41.6 Å². The zero-order valence-electron chi connectivity index (χ0n) is 9.70. The number of aromatic nitrogens is 2. The highest BCUT2D eigenvalue weighted by Crippen LogP contribution is 2.19. The van der Waals surface area contributed by atoms with E-state index in [1.54, 1.807) is 18.2 Å². The van der Waals surface area contributed by atoms with Gasteiger partial charge in [-0.15, -0.1) is 0 Å². The zero-order chi connectivity index (χ0) is 13.9. The van der Waals surface area contributed by atoms with Crippen molar-refractivity contribution in [1.82, 2.24) is 10.2 Å². The number of carboxylic acids is 1. The molecule has 2 rings (SSSR count). The van der Waals surface area contributed by atoms with Crippen molar-refractivity contribution >= 4 is 21.7 Å². The first-order chi connectivity index (χ1) is 8.99. The van der Waals surface area contributed by atoms with E-state index < -0.39 is 16.0 Å². The van der Waals surface area contributed by atoms with Gasteiger partial charge in [0, 0.05) is 6.20 Å². The molecule has 8 heteroatoms. The summed E-state index contributed by atoms with van der Waals surface area (Å²) in [5.74, 6) is -1.03. The molecule has 0 saturated carbocycles. The van der Waals surface area contributed by atoms with Gasteiger partial charge in [0.05, 0.1) is 18.3 Å². The number of para-hydroxylation sites is 1. The van der Waals surface area contributed by atoms with Crippen molar-refractivity contribution in [3.8, 4) is 0 Å². The number of carboxylic acid groups (broad SMARTS) is 1. The van der Waals surface area contributed by atoms with Crippen LogP contribution in [0, 0.1) is 0 Å². The number of anilines is 1. The molecule has 7 nitrogen and oxygen atoms in total. The smallest absolute Gasteiger partial charge is 0.307 e. The number of hydrogen-bond donors (Lipinski definition) is 3. The van der Waals surface area contributed by atoms with Gasteiger partial charge in [0.15, 0.2) is 0 Å². The van der Waals surface area contributed by atoms with Gasteiger partial charge in [-0.25, -0.2) is 8.42 Å². The second-order valence-electron chi connectivity index (χ2n) is 3.77. The highest BCUT2D eigenvalue weighted by atomic mass is 32.2. The van der Waals surface area contributed by atoms with Crippen LogP contribution in [0.25, 0.3) is 0 Å². The second-order valence-corrected chi connectivity index (χ2v) is 5.45. The van der Waals surface area contributed by atoms with E-state index in [9.17, 15) is 13.2 Å². The third kappa shape index (κ3) is 3.10. The first kappa shape index (κ1) is 13.1. The number of sulfonamides is 1. The van der Waals surface area contributed by atoms with E-state index in [0.717, 1.165) is 0 Å². The topological polar surface area (TPSA) is 112 Å². The summed E-state index contributed by atoms with van der Waals surface area (Å²) in [7, 11) is -3.76. The summed E-state index contributed by atoms with van der Waals surface area (Å²) < 4.78 is 26.3. The minimum Gasteiger partial charge on any atom is -0.481 e. The SMILES string of the molecule is O=C(O)Cc1ccccc1NS(=O)(=O)c1cn[nH]c1. The predicted molar refractivity (Wildman–Crippen MR) is 67.2 cm³/mol. The standard InChI is InChI=1S/C11H11N3O4S/c15-11(16)5-8-3-1-2-4-10(8)14-19(17,18)9-6-12-13-7-9/h1-4,6-7,14H,5H2,(H,12,13)(H,15,16). The molecule has 0 fully saturated rings. The Hall–Kier alpha value is -2.35. The molecule has 0 unspecified atom stereocenters. The molecule has 0 aliphatic rings. The molecular weight excluding hydrogens is 270 g/mol. The maximum absolute atomic E-state index is 12.0. The Morgan fingerprint density at radius 3 is 2.74 bits per heavy atom. The van der Waals surface area contributed by atoms with Gasteiger partial charge in [0.1, 0.15) is 4.90 Å². The van der Waals surface area contributed by atoms with Crippen molar-refractivity contribution in [2.24, 2.45) is 0 Å². The lowest BCUT2D eigenvalue weighted by Crippen LogP contribution is -2.14. The fourth-order valence-electron chi connectivity index (χ4n) is 1.53. The van der Waals surface area contributed by atoms with Crippen LogP contribution in [0.3, 0.4) is 0 Å². The van der Waals surface area contributed by atoms with Crippen LogP contribution in [0.5, 0.6) is 0 Å². The number of benzene rings is 1. The average Bonchev–Trinajstić information content (AvgIpc) is 2.85. The van der Waals surface area contributed by atoms with Gasteiger partial charge in [0.2, 0.25) is 0 Å². The van der Waals surface area contributed by atoms with E-state index >= 15 is 0 Å². The van der Waals surface area contributed by atoms with Gasteiger partial charge in [-0.3, -0.25) is 14.6 Å². The van der Waals surface area contributed by atoms with Gasteiger partial charge < -0.3 is 5.11 Å². The van der Waals surface area contributed by atoms with Crippen LogP contribution in [-0.4, -0.2) is 29.7 Å². The second kappa shape index (κ2) is 5.11. The fourth-order valence-corrected chi connectivity index (χ4v) is 2.53. The van der Waals surface area contributed by atoms with E-state index in [0.29, 0.717) is 5.56 Å². The number of H-pyrrole nitrogens is 1. The highest BCUT2D eigenvalue weighted by Gasteiger charge is 2.17. The van der Waals surface area contributed by atoms with E-state index in [-0.39, 0.29) is 17.0 Å². The van der Waals surface area contributed by atoms with Crippen molar-refractivity contribution in [2.45, 2.75) is 11.3 Å². The Morgan fingerprint density at radius 2 is 2.11 bits per heavy atom. The molecular formula is C11H11N3O4S. The third-order valence-corrected chi connectivity index (χ3v) is 3.72. The summed E-state index contributed by atoms with van der Waals surface area (Å²) in [6.07, 6.45) is 2.15. The number of nitrogens with zero attached hydrogens (tertiary/aromatic N) is 1. The molecule has 2 aromatic rings. The molecule has 1 heterocycles. The largest absolute Gasteiger partial charge is 0.481 e. The van der Waals surface area contributed by atoms with Gasteiger partial charge in [0.25, 0.3) is 10.0 Å². The van der Waals surface area contributed by atoms with E-state index in [2.05, 4.69) is 14.9 Å². The summed E-state index contributed by atoms with van der Waals surface area (Å²) in [5.41, 5.74) is 0.633. The van der Waals surface area contributed by atoms with Crippen molar-refractivity contribution in [3.63, 3.8) is 0 Å². The van der Waals surface area contributed by atoms with Crippen LogP contribution in [0.2, 0.25) is 0 Å². The normalized spacial score (nSPS) is 11.2.